The second kappa shape index (κ2) is 7.42. The van der Waals surface area contributed by atoms with Crippen LogP contribution in [0.1, 0.15) is 17.5 Å². The van der Waals surface area contributed by atoms with E-state index in [1.54, 1.807) is 13.0 Å². The molecule has 2 aromatic rings. The van der Waals surface area contributed by atoms with Gasteiger partial charge in [0.15, 0.2) is 0 Å². The van der Waals surface area contributed by atoms with Gasteiger partial charge in [0.05, 0.1) is 11.5 Å². The van der Waals surface area contributed by atoms with Crippen LogP contribution in [0, 0.1) is 13.8 Å². The van der Waals surface area contributed by atoms with Gasteiger partial charge in [-0.15, -0.1) is 0 Å². The molecule has 0 aromatic heterocycles. The quantitative estimate of drug-likeness (QED) is 0.798. The van der Waals surface area contributed by atoms with Gasteiger partial charge in [0, 0.05) is 6.54 Å². The summed E-state index contributed by atoms with van der Waals surface area (Å²) in [6.45, 7) is 4.50. The van der Waals surface area contributed by atoms with Crippen LogP contribution in [-0.4, -0.2) is 21.6 Å². The first-order valence-electron chi connectivity index (χ1n) is 7.24. The van der Waals surface area contributed by atoms with E-state index < -0.39 is 10.0 Å². The van der Waals surface area contributed by atoms with Gasteiger partial charge >= 0.3 is 0 Å². The first kappa shape index (κ1) is 16.5. The Kier molecular flexibility index (Phi) is 5.57. The highest BCUT2D eigenvalue weighted by molar-refractivity contribution is 7.89. The minimum Gasteiger partial charge on any atom is -0.494 e. The van der Waals surface area contributed by atoms with Gasteiger partial charge < -0.3 is 4.74 Å². The van der Waals surface area contributed by atoms with Gasteiger partial charge in [0.2, 0.25) is 10.0 Å². The molecule has 2 aromatic carbocycles. The Morgan fingerprint density at radius 3 is 2.50 bits per heavy atom. The molecule has 118 valence electrons. The Labute approximate surface area is 132 Å². The molecule has 0 unspecified atom stereocenters. The van der Waals surface area contributed by atoms with Crippen molar-refractivity contribution in [2.75, 3.05) is 13.2 Å². The molecule has 0 aliphatic rings. The van der Waals surface area contributed by atoms with Crippen LogP contribution < -0.4 is 9.46 Å². The normalized spacial score (nSPS) is 11.4. The molecule has 0 bridgehead atoms. The van der Waals surface area contributed by atoms with Crippen molar-refractivity contribution in [1.29, 1.82) is 0 Å². The molecular weight excluding hydrogens is 298 g/mol. The average Bonchev–Trinajstić information content (AvgIpc) is 2.50. The number of rotatable bonds is 7. The zero-order valence-corrected chi connectivity index (χ0v) is 13.7. The van der Waals surface area contributed by atoms with Crippen LogP contribution in [0.4, 0.5) is 0 Å². The highest BCUT2D eigenvalue weighted by atomic mass is 32.2. The Bertz CT molecular complexity index is 712. The Morgan fingerprint density at radius 1 is 1.05 bits per heavy atom. The van der Waals surface area contributed by atoms with Gasteiger partial charge in [-0.2, -0.15) is 0 Å². The molecule has 0 radical (unpaired) electrons. The van der Waals surface area contributed by atoms with Crippen LogP contribution >= 0.6 is 0 Å². The van der Waals surface area contributed by atoms with Gasteiger partial charge in [-0.25, -0.2) is 13.1 Å². The van der Waals surface area contributed by atoms with Gasteiger partial charge in [-0.3, -0.25) is 0 Å². The van der Waals surface area contributed by atoms with Crippen LogP contribution in [0.15, 0.2) is 53.4 Å². The molecule has 0 aliphatic carbocycles. The number of ether oxygens (including phenoxy) is 1. The largest absolute Gasteiger partial charge is 0.494 e. The van der Waals surface area contributed by atoms with Gasteiger partial charge in [0.25, 0.3) is 0 Å². The smallest absolute Gasteiger partial charge is 0.240 e. The highest BCUT2D eigenvalue weighted by Crippen LogP contribution is 2.16. The summed E-state index contributed by atoms with van der Waals surface area (Å²) >= 11 is 0. The maximum atomic E-state index is 12.3. The van der Waals surface area contributed by atoms with Crippen molar-refractivity contribution >= 4 is 10.0 Å². The molecule has 1 N–H and O–H groups in total. The Morgan fingerprint density at radius 2 is 1.77 bits per heavy atom. The number of benzene rings is 2. The molecule has 0 aliphatic heterocycles. The third-order valence-corrected chi connectivity index (χ3v) is 4.86. The fraction of sp³-hybridized carbons (Fsp3) is 0.294. The van der Waals surface area contributed by atoms with Crippen LogP contribution in [-0.2, 0) is 10.0 Å². The van der Waals surface area contributed by atoms with E-state index in [2.05, 4.69) is 4.72 Å². The summed E-state index contributed by atoms with van der Waals surface area (Å²) in [6.07, 6.45) is 0.610. The lowest BCUT2D eigenvalue weighted by Gasteiger charge is -2.10. The van der Waals surface area contributed by atoms with E-state index in [-0.39, 0.29) is 0 Å². The molecule has 4 nitrogen and oxygen atoms in total. The second-order valence-electron chi connectivity index (χ2n) is 5.18. The fourth-order valence-corrected chi connectivity index (χ4v) is 3.46. The highest BCUT2D eigenvalue weighted by Gasteiger charge is 2.16. The lowest BCUT2D eigenvalue weighted by atomic mass is 10.2. The molecule has 5 heteroatoms. The Hall–Kier alpha value is -1.85. The minimum absolute atomic E-state index is 0.344. The maximum Gasteiger partial charge on any atom is 0.240 e. The summed E-state index contributed by atoms with van der Waals surface area (Å²) < 4.78 is 32.7. The predicted molar refractivity (Wildman–Crippen MR) is 87.7 cm³/mol. The van der Waals surface area contributed by atoms with E-state index in [0.29, 0.717) is 24.5 Å². The van der Waals surface area contributed by atoms with Gasteiger partial charge in [-0.1, -0.05) is 30.3 Å². The lowest BCUT2D eigenvalue weighted by molar-refractivity contribution is 0.311. The number of hydrogen-bond acceptors (Lipinski definition) is 3. The topological polar surface area (TPSA) is 55.4 Å². The molecule has 0 saturated heterocycles. The first-order valence-corrected chi connectivity index (χ1v) is 8.72. The molecule has 0 fully saturated rings. The van der Waals surface area contributed by atoms with Crippen LogP contribution in [0.2, 0.25) is 0 Å². The van der Waals surface area contributed by atoms with Gasteiger partial charge in [-0.05, 0) is 49.6 Å². The average molecular weight is 319 g/mol. The van der Waals surface area contributed by atoms with Crippen LogP contribution in [0.25, 0.3) is 0 Å². The Balaban J connectivity index is 1.84. The summed E-state index contributed by atoms with van der Waals surface area (Å²) in [5, 5.41) is 0. The number of para-hydroxylation sites is 1. The van der Waals surface area contributed by atoms with Crippen molar-refractivity contribution in [2.45, 2.75) is 25.2 Å². The van der Waals surface area contributed by atoms with E-state index in [4.69, 9.17) is 4.74 Å². The van der Waals surface area contributed by atoms with E-state index in [9.17, 15) is 8.42 Å². The number of aryl methyl sites for hydroxylation is 2. The predicted octanol–water partition coefficient (Wildman–Crippen LogP) is 3.05. The molecular formula is C17H21NO3S. The third kappa shape index (κ3) is 4.58. The molecule has 0 saturated carbocycles. The van der Waals surface area contributed by atoms with Gasteiger partial charge in [0.1, 0.15) is 5.75 Å². The van der Waals surface area contributed by atoms with Crippen molar-refractivity contribution < 1.29 is 13.2 Å². The van der Waals surface area contributed by atoms with E-state index in [1.165, 1.54) is 0 Å². The first-order chi connectivity index (χ1) is 10.5. The van der Waals surface area contributed by atoms with Crippen molar-refractivity contribution in [3.8, 4) is 5.75 Å². The minimum atomic E-state index is -3.46. The summed E-state index contributed by atoms with van der Waals surface area (Å²) in [4.78, 5) is 0.344. The van der Waals surface area contributed by atoms with E-state index >= 15 is 0 Å². The SMILES string of the molecule is Cc1ccc(C)c(S(=O)(=O)NCCCOc2ccccc2)c1. The molecule has 0 spiro atoms. The van der Waals surface area contributed by atoms with Crippen molar-refractivity contribution in [3.63, 3.8) is 0 Å². The molecule has 2 rings (SSSR count). The van der Waals surface area contributed by atoms with E-state index in [1.807, 2.05) is 49.4 Å². The van der Waals surface area contributed by atoms with Crippen molar-refractivity contribution in [3.05, 3.63) is 59.7 Å². The number of nitrogens with one attached hydrogen (secondary N) is 1. The molecule has 0 heterocycles. The number of sulfonamides is 1. The second-order valence-corrected chi connectivity index (χ2v) is 6.92. The standard InChI is InChI=1S/C17H21NO3S/c1-14-9-10-15(2)17(13-14)22(19,20)18-11-6-12-21-16-7-4-3-5-8-16/h3-5,7-10,13,18H,6,11-12H2,1-2H3. The maximum absolute atomic E-state index is 12.3. The molecule has 22 heavy (non-hydrogen) atoms. The van der Waals surface area contributed by atoms with Crippen molar-refractivity contribution in [2.24, 2.45) is 0 Å². The number of hydrogen-bond donors (Lipinski definition) is 1. The van der Waals surface area contributed by atoms with Crippen molar-refractivity contribution in [1.82, 2.24) is 4.72 Å². The van der Waals surface area contributed by atoms with Crippen LogP contribution in [0.3, 0.4) is 0 Å². The lowest BCUT2D eigenvalue weighted by Crippen LogP contribution is -2.26. The zero-order valence-electron chi connectivity index (χ0n) is 12.9. The summed E-state index contributed by atoms with van der Waals surface area (Å²) in [5.74, 6) is 0.792. The summed E-state index contributed by atoms with van der Waals surface area (Å²) in [7, 11) is -3.46. The van der Waals surface area contributed by atoms with Crippen LogP contribution in [0.5, 0.6) is 5.75 Å². The zero-order chi connectivity index (χ0) is 16.0. The summed E-state index contributed by atoms with van der Waals surface area (Å²) in [6, 6.07) is 14.9. The monoisotopic (exact) mass is 319 g/mol. The fourth-order valence-electron chi connectivity index (χ4n) is 2.06. The van der Waals surface area contributed by atoms with E-state index in [0.717, 1.165) is 16.9 Å². The molecule has 0 amide bonds. The third-order valence-electron chi connectivity index (χ3n) is 3.26. The molecule has 0 atom stereocenters. The summed E-state index contributed by atoms with van der Waals surface area (Å²) in [5.41, 5.74) is 1.68.